The Hall–Kier alpha value is -0.583. The maximum absolute atomic E-state index is 13.2. The van der Waals surface area contributed by atoms with E-state index < -0.39 is 35.8 Å². The zero-order valence-electron chi connectivity index (χ0n) is 12.7. The van der Waals surface area contributed by atoms with Gasteiger partial charge in [-0.05, 0) is 32.0 Å². The van der Waals surface area contributed by atoms with E-state index in [4.69, 9.17) is 8.98 Å². The lowest BCUT2D eigenvalue weighted by molar-refractivity contribution is -0.159. The van der Waals surface area contributed by atoms with Crippen LogP contribution < -0.4 is 0 Å². The zero-order chi connectivity index (χ0) is 17.1. The van der Waals surface area contributed by atoms with Crippen LogP contribution in [0.2, 0.25) is 18.6 Å². The molecule has 0 radical (unpaired) electrons. The van der Waals surface area contributed by atoms with Crippen molar-refractivity contribution in [2.24, 2.45) is 0 Å². The molecule has 0 aliphatic carbocycles. The molecule has 0 aliphatic rings. The molecule has 1 N–H and O–H groups in total. The average molecular weight is 348 g/mol. The maximum Gasteiger partial charge on any atom is 0.405 e. The molecule has 0 fully saturated rings. The zero-order valence-corrected chi connectivity index (χ0v) is 14.5. The van der Waals surface area contributed by atoms with Crippen molar-refractivity contribution in [3.63, 3.8) is 0 Å². The van der Waals surface area contributed by atoms with Crippen LogP contribution in [-0.2, 0) is 24.1 Å². The monoisotopic (exact) mass is 348 g/mol. The summed E-state index contributed by atoms with van der Waals surface area (Å²) >= 11 is 0. The molecule has 2 atom stereocenters. The number of alkyl halides is 2. The second-order valence-corrected chi connectivity index (χ2v) is 11.5. The number of esters is 1. The lowest BCUT2D eigenvalue weighted by Gasteiger charge is -2.27. The number of carbonyl (C=O) groups excluding carboxylic acids is 1. The molecule has 21 heavy (non-hydrogen) atoms. The fraction of sp³-hybridized carbons (Fsp3) is 0.909. The van der Waals surface area contributed by atoms with Gasteiger partial charge in [0.25, 0.3) is 0 Å². The molecule has 0 rings (SSSR count). The van der Waals surface area contributed by atoms with Crippen molar-refractivity contribution < 1.29 is 35.7 Å². The predicted molar refractivity (Wildman–Crippen MR) is 75.2 cm³/mol. The van der Waals surface area contributed by atoms with Crippen LogP contribution in [0.5, 0.6) is 0 Å². The van der Waals surface area contributed by atoms with Crippen molar-refractivity contribution in [3.8, 4) is 0 Å². The van der Waals surface area contributed by atoms with Crippen molar-refractivity contribution in [2.75, 3.05) is 7.11 Å². The highest BCUT2D eigenvalue weighted by Crippen LogP contribution is 2.29. The minimum atomic E-state index is -5.63. The Kier molecular flexibility index (Phi) is 6.92. The molecule has 0 aliphatic heterocycles. The van der Waals surface area contributed by atoms with E-state index in [0.717, 1.165) is 0 Å². The quantitative estimate of drug-likeness (QED) is 0.412. The molecular formula is C11H22F2O6SSi. The van der Waals surface area contributed by atoms with Gasteiger partial charge in [-0.3, -0.25) is 9.35 Å². The predicted octanol–water partition coefficient (Wildman–Crippen LogP) is 2.42. The Morgan fingerprint density at radius 2 is 1.81 bits per heavy atom. The van der Waals surface area contributed by atoms with Crippen molar-refractivity contribution in [2.45, 2.75) is 56.7 Å². The first-order valence-electron chi connectivity index (χ1n) is 6.35. The Morgan fingerprint density at radius 1 is 1.33 bits per heavy atom. The van der Waals surface area contributed by atoms with Crippen molar-refractivity contribution in [1.29, 1.82) is 0 Å². The Bertz CT molecular complexity index is 465. The first-order chi connectivity index (χ1) is 9.25. The number of hydrogen-bond acceptors (Lipinski definition) is 5. The van der Waals surface area contributed by atoms with Gasteiger partial charge >= 0.3 is 21.3 Å². The third-order valence-electron chi connectivity index (χ3n) is 3.62. The van der Waals surface area contributed by atoms with Crippen molar-refractivity contribution in [3.05, 3.63) is 0 Å². The summed E-state index contributed by atoms with van der Waals surface area (Å²) in [5, 5.41) is -4.53. The van der Waals surface area contributed by atoms with Gasteiger partial charge in [0.15, 0.2) is 14.4 Å². The number of halogens is 2. The van der Waals surface area contributed by atoms with Gasteiger partial charge in [0.2, 0.25) is 0 Å². The van der Waals surface area contributed by atoms with Crippen molar-refractivity contribution in [1.82, 2.24) is 0 Å². The molecule has 0 aromatic carbocycles. The van der Waals surface area contributed by atoms with E-state index in [1.54, 1.807) is 7.11 Å². The van der Waals surface area contributed by atoms with Crippen LogP contribution in [0.25, 0.3) is 0 Å². The SMILES string of the molecule is CO[Si](C)(C)C(C)CCC(=O)OC(C)C(F)(F)S(=O)(=O)O. The minimum Gasteiger partial charge on any atom is -0.455 e. The van der Waals surface area contributed by atoms with Gasteiger partial charge in [-0.25, -0.2) is 0 Å². The summed E-state index contributed by atoms with van der Waals surface area (Å²) in [7, 11) is -6.00. The fourth-order valence-electron chi connectivity index (χ4n) is 1.42. The molecular weight excluding hydrogens is 326 g/mol. The summed E-state index contributed by atoms with van der Waals surface area (Å²) in [6.07, 6.45) is -2.01. The van der Waals surface area contributed by atoms with Gasteiger partial charge in [0.05, 0.1) is 0 Å². The van der Waals surface area contributed by atoms with Crippen LogP contribution in [-0.4, -0.2) is 45.7 Å². The van der Waals surface area contributed by atoms with Crippen molar-refractivity contribution >= 4 is 24.4 Å². The maximum atomic E-state index is 13.2. The highest BCUT2D eigenvalue weighted by Gasteiger charge is 2.51. The summed E-state index contributed by atoms with van der Waals surface area (Å²) in [6.45, 7) is 6.51. The summed E-state index contributed by atoms with van der Waals surface area (Å²) in [6, 6.07) is 0. The lowest BCUT2D eigenvalue weighted by atomic mass is 10.2. The first-order valence-corrected chi connectivity index (χ1v) is 10.8. The second-order valence-electron chi connectivity index (χ2n) is 5.42. The average Bonchev–Trinajstić information content (AvgIpc) is 2.34. The van der Waals surface area contributed by atoms with Gasteiger partial charge in [-0.1, -0.05) is 6.92 Å². The second kappa shape index (κ2) is 7.12. The Balaban J connectivity index is 4.53. The van der Waals surface area contributed by atoms with E-state index in [9.17, 15) is 22.0 Å². The van der Waals surface area contributed by atoms with Gasteiger partial charge in [-0.15, -0.1) is 0 Å². The molecule has 0 amide bonds. The molecule has 10 heteroatoms. The van der Waals surface area contributed by atoms with Crippen LogP contribution in [0, 0.1) is 0 Å². The van der Waals surface area contributed by atoms with E-state index in [1.165, 1.54) is 0 Å². The molecule has 0 aromatic rings. The van der Waals surface area contributed by atoms with Gasteiger partial charge in [0.1, 0.15) is 0 Å². The molecule has 0 bridgehead atoms. The minimum absolute atomic E-state index is 0.0902. The smallest absolute Gasteiger partial charge is 0.405 e. The summed E-state index contributed by atoms with van der Waals surface area (Å²) in [4.78, 5) is 11.5. The molecule has 2 unspecified atom stereocenters. The normalized spacial score (nSPS) is 16.4. The van der Waals surface area contributed by atoms with Crippen LogP contribution in [0.1, 0.15) is 26.7 Å². The van der Waals surface area contributed by atoms with E-state index in [-0.39, 0.29) is 12.0 Å². The van der Waals surface area contributed by atoms with E-state index in [2.05, 4.69) is 4.74 Å². The molecule has 126 valence electrons. The molecule has 0 heterocycles. The largest absolute Gasteiger partial charge is 0.455 e. The lowest BCUT2D eigenvalue weighted by Crippen LogP contribution is -2.42. The number of rotatable bonds is 8. The first kappa shape index (κ1) is 20.4. The number of ether oxygens (including phenoxy) is 1. The Morgan fingerprint density at radius 3 is 2.19 bits per heavy atom. The fourth-order valence-corrected chi connectivity index (χ4v) is 3.13. The Labute approximate surface area is 124 Å². The van der Waals surface area contributed by atoms with Crippen LogP contribution in [0.4, 0.5) is 8.78 Å². The third-order valence-corrected chi connectivity index (χ3v) is 8.35. The van der Waals surface area contributed by atoms with E-state index in [0.29, 0.717) is 13.3 Å². The standard InChI is InChI=1S/C11H22F2O6SSi/c1-8(21(4,5)18-3)6-7-10(14)19-9(2)11(12,13)20(15,16)17/h8-9H,6-7H2,1-5H3,(H,15,16,17). The molecule has 0 aromatic heterocycles. The van der Waals surface area contributed by atoms with Crippen LogP contribution in [0.15, 0.2) is 0 Å². The topological polar surface area (TPSA) is 89.9 Å². The highest BCUT2D eigenvalue weighted by molar-refractivity contribution is 7.86. The molecule has 0 saturated carbocycles. The van der Waals surface area contributed by atoms with Gasteiger partial charge in [0, 0.05) is 13.5 Å². The summed E-state index contributed by atoms with van der Waals surface area (Å²) < 4.78 is 65.6. The number of hydrogen-bond donors (Lipinski definition) is 1. The molecule has 0 saturated heterocycles. The highest BCUT2D eigenvalue weighted by atomic mass is 32.2. The summed E-state index contributed by atoms with van der Waals surface area (Å²) in [5.74, 6) is -0.946. The van der Waals surface area contributed by atoms with Crippen LogP contribution in [0.3, 0.4) is 0 Å². The van der Waals surface area contributed by atoms with E-state index >= 15 is 0 Å². The van der Waals surface area contributed by atoms with Crippen LogP contribution >= 0.6 is 0 Å². The van der Waals surface area contributed by atoms with Gasteiger partial charge in [-0.2, -0.15) is 17.2 Å². The summed E-state index contributed by atoms with van der Waals surface area (Å²) in [5.41, 5.74) is 0.0902. The van der Waals surface area contributed by atoms with Gasteiger partial charge < -0.3 is 9.16 Å². The third kappa shape index (κ3) is 5.61. The van der Waals surface area contributed by atoms with E-state index in [1.807, 2.05) is 20.0 Å². The molecule has 0 spiro atoms. The molecule has 6 nitrogen and oxygen atoms in total. The number of carbonyl (C=O) groups is 1.